The van der Waals surface area contributed by atoms with Gasteiger partial charge in [-0.1, -0.05) is 30.3 Å². The van der Waals surface area contributed by atoms with E-state index in [1.165, 1.54) is 12.0 Å². The lowest BCUT2D eigenvalue weighted by molar-refractivity contribution is -0.139. The quantitative estimate of drug-likeness (QED) is 0.906. The number of likely N-dealkylation sites (tertiary alicyclic amines) is 2. The maximum atomic E-state index is 12.9. The topological polar surface area (TPSA) is 43.8 Å². The first-order chi connectivity index (χ1) is 11.3. The van der Waals surface area contributed by atoms with E-state index in [-0.39, 0.29) is 18.6 Å². The minimum absolute atomic E-state index is 0.137. The van der Waals surface area contributed by atoms with Crippen molar-refractivity contribution in [3.8, 4) is 0 Å². The molecule has 2 heterocycles. The van der Waals surface area contributed by atoms with Crippen molar-refractivity contribution in [2.75, 3.05) is 26.2 Å². The van der Waals surface area contributed by atoms with Crippen LogP contribution in [0.3, 0.4) is 0 Å². The Hall–Kier alpha value is -1.39. The predicted octanol–water partition coefficient (Wildman–Crippen LogP) is 2.27. The highest BCUT2D eigenvalue weighted by molar-refractivity contribution is 5.79. The minimum atomic E-state index is 0.137. The summed E-state index contributed by atoms with van der Waals surface area (Å²) in [4.78, 5) is 17.4. The summed E-state index contributed by atoms with van der Waals surface area (Å²) in [6, 6.07) is 10.7. The van der Waals surface area contributed by atoms with Gasteiger partial charge in [0.25, 0.3) is 0 Å². The largest absolute Gasteiger partial charge is 0.396 e. The van der Waals surface area contributed by atoms with Crippen LogP contribution in [0.4, 0.5) is 0 Å². The monoisotopic (exact) mass is 316 g/mol. The van der Waals surface area contributed by atoms with Crippen LogP contribution in [0.25, 0.3) is 0 Å². The summed E-state index contributed by atoms with van der Waals surface area (Å²) in [5.41, 5.74) is 1.32. The molecule has 3 rings (SSSR count). The van der Waals surface area contributed by atoms with Crippen LogP contribution in [-0.2, 0) is 11.3 Å². The molecule has 1 N–H and O–H groups in total. The number of aliphatic hydroxyl groups excluding tert-OH is 1. The van der Waals surface area contributed by atoms with E-state index in [4.69, 9.17) is 0 Å². The zero-order valence-corrected chi connectivity index (χ0v) is 13.9. The number of benzene rings is 1. The number of hydrogen-bond donors (Lipinski definition) is 1. The minimum Gasteiger partial charge on any atom is -0.396 e. The maximum absolute atomic E-state index is 12.9. The fraction of sp³-hybridized carbons (Fsp3) is 0.632. The SMILES string of the molecule is O=C(C1CCN(Cc2ccccc2)C1)N1CCCCC1CCO. The van der Waals surface area contributed by atoms with Crippen molar-refractivity contribution in [3.63, 3.8) is 0 Å². The molecule has 0 spiro atoms. The number of amides is 1. The number of aliphatic hydroxyl groups is 1. The van der Waals surface area contributed by atoms with E-state index in [1.807, 2.05) is 6.07 Å². The van der Waals surface area contributed by atoms with E-state index in [0.29, 0.717) is 5.91 Å². The van der Waals surface area contributed by atoms with Gasteiger partial charge in [0.05, 0.1) is 5.92 Å². The summed E-state index contributed by atoms with van der Waals surface area (Å²) in [7, 11) is 0. The van der Waals surface area contributed by atoms with Crippen molar-refractivity contribution in [3.05, 3.63) is 35.9 Å². The van der Waals surface area contributed by atoms with Crippen molar-refractivity contribution >= 4 is 5.91 Å². The summed E-state index contributed by atoms with van der Waals surface area (Å²) in [5.74, 6) is 0.455. The van der Waals surface area contributed by atoms with Crippen LogP contribution < -0.4 is 0 Å². The molecule has 0 bridgehead atoms. The third-order valence-corrected chi connectivity index (χ3v) is 5.24. The van der Waals surface area contributed by atoms with E-state index in [1.54, 1.807) is 0 Å². The van der Waals surface area contributed by atoms with Crippen molar-refractivity contribution < 1.29 is 9.90 Å². The van der Waals surface area contributed by atoms with Gasteiger partial charge in [0.2, 0.25) is 5.91 Å². The Kier molecular flexibility index (Phi) is 5.68. The predicted molar refractivity (Wildman–Crippen MR) is 90.9 cm³/mol. The van der Waals surface area contributed by atoms with Gasteiger partial charge in [-0.2, -0.15) is 0 Å². The summed E-state index contributed by atoms with van der Waals surface area (Å²) >= 11 is 0. The number of carbonyl (C=O) groups is 1. The van der Waals surface area contributed by atoms with Crippen LogP contribution in [0.15, 0.2) is 30.3 Å². The Morgan fingerprint density at radius 2 is 1.96 bits per heavy atom. The molecule has 0 saturated carbocycles. The van der Waals surface area contributed by atoms with E-state index in [0.717, 1.165) is 51.9 Å². The molecule has 0 aliphatic carbocycles. The second-order valence-corrected chi connectivity index (χ2v) is 6.90. The van der Waals surface area contributed by atoms with Gasteiger partial charge in [-0.15, -0.1) is 0 Å². The average molecular weight is 316 g/mol. The molecule has 23 heavy (non-hydrogen) atoms. The maximum Gasteiger partial charge on any atom is 0.227 e. The second-order valence-electron chi connectivity index (χ2n) is 6.90. The molecular formula is C19H28N2O2. The fourth-order valence-electron chi connectivity index (χ4n) is 3.99. The number of hydrogen-bond acceptors (Lipinski definition) is 3. The lowest BCUT2D eigenvalue weighted by atomic mass is 9.96. The molecule has 4 heteroatoms. The number of rotatable bonds is 5. The Bertz CT molecular complexity index is 503. The summed E-state index contributed by atoms with van der Waals surface area (Å²) in [6.07, 6.45) is 5.03. The third-order valence-electron chi connectivity index (χ3n) is 5.24. The van der Waals surface area contributed by atoms with Gasteiger partial charge >= 0.3 is 0 Å². The molecule has 1 aromatic carbocycles. The summed E-state index contributed by atoms with van der Waals surface area (Å²) < 4.78 is 0. The zero-order valence-electron chi connectivity index (χ0n) is 13.9. The van der Waals surface area contributed by atoms with E-state index < -0.39 is 0 Å². The van der Waals surface area contributed by atoms with Crippen LogP contribution in [0.2, 0.25) is 0 Å². The Balaban J connectivity index is 1.56. The van der Waals surface area contributed by atoms with Crippen LogP contribution in [0.1, 0.15) is 37.7 Å². The fourth-order valence-corrected chi connectivity index (χ4v) is 3.99. The van der Waals surface area contributed by atoms with Gasteiger partial charge < -0.3 is 10.0 Å². The van der Waals surface area contributed by atoms with Crippen molar-refractivity contribution in [2.24, 2.45) is 5.92 Å². The van der Waals surface area contributed by atoms with Gasteiger partial charge in [-0.05, 0) is 44.2 Å². The normalized spacial score (nSPS) is 25.7. The Morgan fingerprint density at radius 1 is 1.13 bits per heavy atom. The first-order valence-electron chi connectivity index (χ1n) is 8.95. The number of carbonyl (C=O) groups excluding carboxylic acids is 1. The standard InChI is InChI=1S/C19H28N2O2/c22-13-10-18-8-4-5-11-21(18)19(23)17-9-12-20(15-17)14-16-6-2-1-3-7-16/h1-3,6-7,17-18,22H,4-5,8-15H2. The summed E-state index contributed by atoms with van der Waals surface area (Å²) in [6.45, 7) is 3.86. The van der Waals surface area contributed by atoms with Crippen LogP contribution in [0.5, 0.6) is 0 Å². The molecule has 2 fully saturated rings. The highest BCUT2D eigenvalue weighted by Crippen LogP contribution is 2.26. The molecule has 4 nitrogen and oxygen atoms in total. The highest BCUT2D eigenvalue weighted by Gasteiger charge is 2.35. The van der Waals surface area contributed by atoms with Crippen molar-refractivity contribution in [1.82, 2.24) is 9.80 Å². The molecule has 2 saturated heterocycles. The van der Waals surface area contributed by atoms with E-state index in [9.17, 15) is 9.90 Å². The van der Waals surface area contributed by atoms with E-state index >= 15 is 0 Å². The van der Waals surface area contributed by atoms with Crippen molar-refractivity contribution in [1.29, 1.82) is 0 Å². The highest BCUT2D eigenvalue weighted by atomic mass is 16.3. The first-order valence-corrected chi connectivity index (χ1v) is 8.95. The smallest absolute Gasteiger partial charge is 0.227 e. The van der Waals surface area contributed by atoms with E-state index in [2.05, 4.69) is 34.1 Å². The number of piperidine rings is 1. The lowest BCUT2D eigenvalue weighted by Gasteiger charge is -2.37. The molecule has 0 radical (unpaired) electrons. The Labute approximate surface area is 139 Å². The van der Waals surface area contributed by atoms with Crippen LogP contribution in [0, 0.1) is 5.92 Å². The molecular weight excluding hydrogens is 288 g/mol. The molecule has 2 aliphatic heterocycles. The van der Waals surface area contributed by atoms with Gasteiger partial charge in [-0.25, -0.2) is 0 Å². The number of nitrogens with zero attached hydrogens (tertiary/aromatic N) is 2. The second kappa shape index (κ2) is 7.93. The molecule has 2 aliphatic rings. The summed E-state index contributed by atoms with van der Waals surface area (Å²) in [5, 5.41) is 9.24. The molecule has 0 aromatic heterocycles. The average Bonchev–Trinajstić information content (AvgIpc) is 3.04. The van der Waals surface area contributed by atoms with Crippen LogP contribution in [-0.4, -0.2) is 53.1 Å². The molecule has 2 unspecified atom stereocenters. The van der Waals surface area contributed by atoms with Crippen molar-refractivity contribution in [2.45, 2.75) is 44.7 Å². The first kappa shape index (κ1) is 16.5. The lowest BCUT2D eigenvalue weighted by Crippen LogP contribution is -2.47. The Morgan fingerprint density at radius 3 is 2.74 bits per heavy atom. The zero-order chi connectivity index (χ0) is 16.1. The molecule has 1 amide bonds. The van der Waals surface area contributed by atoms with Gasteiger partial charge in [-0.3, -0.25) is 9.69 Å². The molecule has 126 valence electrons. The van der Waals surface area contributed by atoms with Crippen LogP contribution >= 0.6 is 0 Å². The van der Waals surface area contributed by atoms with Gasteiger partial charge in [0.1, 0.15) is 0 Å². The third kappa shape index (κ3) is 4.12. The van der Waals surface area contributed by atoms with Gasteiger partial charge in [0.15, 0.2) is 0 Å². The molecule has 2 atom stereocenters. The molecule has 1 aromatic rings. The van der Waals surface area contributed by atoms with Gasteiger partial charge in [0, 0.05) is 32.3 Å².